The molecule has 3 rings (SSSR count). The third-order valence-electron chi connectivity index (χ3n) is 4.92. The molecule has 0 saturated heterocycles. The molecular formula is C22H25FN4O. The summed E-state index contributed by atoms with van der Waals surface area (Å²) in [5, 5.41) is 15.5. The fourth-order valence-corrected chi connectivity index (χ4v) is 3.16. The van der Waals surface area contributed by atoms with E-state index in [9.17, 15) is 4.39 Å². The molecule has 0 saturated carbocycles. The van der Waals surface area contributed by atoms with E-state index in [1.165, 1.54) is 0 Å². The van der Waals surface area contributed by atoms with Crippen LogP contribution in [0, 0.1) is 18.2 Å². The van der Waals surface area contributed by atoms with Crippen LogP contribution >= 0.6 is 0 Å². The highest BCUT2D eigenvalue weighted by Crippen LogP contribution is 2.34. The van der Waals surface area contributed by atoms with Crippen LogP contribution in [0.1, 0.15) is 35.7 Å². The van der Waals surface area contributed by atoms with Gasteiger partial charge in [0.05, 0.1) is 6.04 Å². The Bertz CT molecular complexity index is 952. The van der Waals surface area contributed by atoms with Gasteiger partial charge >= 0.3 is 0 Å². The lowest BCUT2D eigenvalue weighted by Crippen LogP contribution is -2.40. The second kappa shape index (κ2) is 8.25. The molecule has 146 valence electrons. The van der Waals surface area contributed by atoms with E-state index in [1.54, 1.807) is 37.4 Å². The van der Waals surface area contributed by atoms with Gasteiger partial charge in [0.1, 0.15) is 17.8 Å². The van der Waals surface area contributed by atoms with Crippen LogP contribution in [0.2, 0.25) is 0 Å². The summed E-state index contributed by atoms with van der Waals surface area (Å²) < 4.78 is 20.0. The predicted molar refractivity (Wildman–Crippen MR) is 109 cm³/mol. The Hall–Kier alpha value is -3.15. The highest BCUT2D eigenvalue weighted by atomic mass is 19.1. The predicted octanol–water partition coefficient (Wildman–Crippen LogP) is 4.72. The van der Waals surface area contributed by atoms with Gasteiger partial charge in [0.2, 0.25) is 0 Å². The Kier molecular flexibility index (Phi) is 5.78. The Labute approximate surface area is 164 Å². The minimum absolute atomic E-state index is 0.136. The van der Waals surface area contributed by atoms with Crippen molar-refractivity contribution in [3.8, 4) is 11.1 Å². The van der Waals surface area contributed by atoms with Gasteiger partial charge in [0.25, 0.3) is 0 Å². The first-order chi connectivity index (χ1) is 13.4. The van der Waals surface area contributed by atoms with Gasteiger partial charge in [0.15, 0.2) is 5.96 Å². The quantitative estimate of drug-likeness (QED) is 0.497. The first-order valence-electron chi connectivity index (χ1n) is 9.16. The van der Waals surface area contributed by atoms with Gasteiger partial charge in [0, 0.05) is 31.1 Å². The summed E-state index contributed by atoms with van der Waals surface area (Å²) in [5.74, 6) is -0.155. The number of nitrogens with one attached hydrogen (secondary N) is 2. The maximum absolute atomic E-state index is 14.9. The Morgan fingerprint density at radius 3 is 2.46 bits per heavy atom. The van der Waals surface area contributed by atoms with E-state index in [4.69, 9.17) is 9.93 Å². The minimum atomic E-state index is -0.323. The van der Waals surface area contributed by atoms with E-state index in [2.05, 4.69) is 10.5 Å². The van der Waals surface area contributed by atoms with Crippen molar-refractivity contribution >= 4 is 5.96 Å². The molecule has 28 heavy (non-hydrogen) atoms. The Balaban J connectivity index is 1.94. The summed E-state index contributed by atoms with van der Waals surface area (Å²) in [6.45, 7) is 3.90. The van der Waals surface area contributed by atoms with E-state index in [-0.39, 0.29) is 23.7 Å². The summed E-state index contributed by atoms with van der Waals surface area (Å²) in [6, 6.07) is 14.5. The van der Waals surface area contributed by atoms with Gasteiger partial charge in [-0.15, -0.1) is 0 Å². The molecule has 3 aromatic rings. The molecule has 2 aromatic carbocycles. The van der Waals surface area contributed by atoms with Crippen molar-refractivity contribution < 1.29 is 8.91 Å². The first kappa shape index (κ1) is 19.6. The van der Waals surface area contributed by atoms with Crippen LogP contribution in [-0.4, -0.2) is 30.1 Å². The molecule has 0 aliphatic rings. The molecular weight excluding hydrogens is 355 g/mol. The lowest BCUT2D eigenvalue weighted by Gasteiger charge is -2.28. The zero-order valence-electron chi connectivity index (χ0n) is 16.5. The molecule has 1 heterocycles. The summed E-state index contributed by atoms with van der Waals surface area (Å²) >= 11 is 0. The highest BCUT2D eigenvalue weighted by molar-refractivity contribution is 5.76. The monoisotopic (exact) mass is 380 g/mol. The second-order valence-electron chi connectivity index (χ2n) is 7.14. The van der Waals surface area contributed by atoms with Gasteiger partial charge in [-0.2, -0.15) is 0 Å². The van der Waals surface area contributed by atoms with Crippen LogP contribution in [0.3, 0.4) is 0 Å². The van der Waals surface area contributed by atoms with Crippen LogP contribution in [0.4, 0.5) is 4.39 Å². The average molecular weight is 380 g/mol. The molecule has 2 unspecified atom stereocenters. The van der Waals surface area contributed by atoms with Crippen molar-refractivity contribution in [2.45, 2.75) is 25.8 Å². The Morgan fingerprint density at radius 1 is 1.18 bits per heavy atom. The number of nitrogens with zero attached hydrogens (tertiary/aromatic N) is 2. The van der Waals surface area contributed by atoms with Gasteiger partial charge in [-0.05, 0) is 24.1 Å². The van der Waals surface area contributed by atoms with Crippen LogP contribution < -0.4 is 5.32 Å². The molecule has 0 fully saturated rings. The number of guanidine groups is 1. The lowest BCUT2D eigenvalue weighted by molar-refractivity contribution is 0.390. The van der Waals surface area contributed by atoms with Gasteiger partial charge < -0.3 is 14.7 Å². The molecule has 0 aliphatic carbocycles. The standard InChI is InChI=1S/C22H25FN4O/c1-14-13-28-26-20(14)21(25-22(24)27(3)4)15(2)17-10-11-18(19(23)12-17)16-8-6-5-7-9-16/h5-13,15,21H,1-4H3,(H2,24,25). The van der Waals surface area contributed by atoms with E-state index >= 15 is 0 Å². The van der Waals surface area contributed by atoms with Crippen LogP contribution in [0.25, 0.3) is 11.1 Å². The van der Waals surface area contributed by atoms with Crippen LogP contribution in [-0.2, 0) is 0 Å². The molecule has 6 heteroatoms. The zero-order valence-corrected chi connectivity index (χ0v) is 16.5. The number of halogens is 1. The van der Waals surface area contributed by atoms with Crippen molar-refractivity contribution in [2.75, 3.05) is 14.1 Å². The normalized spacial score (nSPS) is 13.0. The number of benzene rings is 2. The third-order valence-corrected chi connectivity index (χ3v) is 4.92. The number of aryl methyl sites for hydroxylation is 1. The lowest BCUT2D eigenvalue weighted by atomic mass is 9.88. The fourth-order valence-electron chi connectivity index (χ4n) is 3.16. The van der Waals surface area contributed by atoms with Gasteiger partial charge in [-0.3, -0.25) is 5.41 Å². The SMILES string of the molecule is Cc1conc1C(NC(=N)N(C)C)C(C)c1ccc(-c2ccccc2)c(F)c1. The summed E-state index contributed by atoms with van der Waals surface area (Å²) in [6.07, 6.45) is 1.58. The number of aromatic nitrogens is 1. The van der Waals surface area contributed by atoms with E-state index < -0.39 is 0 Å². The van der Waals surface area contributed by atoms with Crippen molar-refractivity contribution in [1.82, 2.24) is 15.4 Å². The number of hydrogen-bond acceptors (Lipinski definition) is 3. The smallest absolute Gasteiger partial charge is 0.191 e. The maximum Gasteiger partial charge on any atom is 0.191 e. The first-order valence-corrected chi connectivity index (χ1v) is 9.16. The molecule has 2 atom stereocenters. The number of rotatable bonds is 5. The molecule has 1 aromatic heterocycles. The molecule has 0 radical (unpaired) electrons. The van der Waals surface area contributed by atoms with Crippen molar-refractivity contribution in [3.05, 3.63) is 77.4 Å². The largest absolute Gasteiger partial charge is 0.364 e. The summed E-state index contributed by atoms with van der Waals surface area (Å²) in [4.78, 5) is 1.67. The minimum Gasteiger partial charge on any atom is -0.364 e. The van der Waals surface area contributed by atoms with Crippen molar-refractivity contribution in [1.29, 1.82) is 5.41 Å². The van der Waals surface area contributed by atoms with E-state index in [0.29, 0.717) is 11.3 Å². The molecule has 2 N–H and O–H groups in total. The van der Waals surface area contributed by atoms with Gasteiger partial charge in [-0.25, -0.2) is 4.39 Å². The summed E-state index contributed by atoms with van der Waals surface area (Å²) in [5.41, 5.74) is 3.84. The molecule has 5 nitrogen and oxygen atoms in total. The van der Waals surface area contributed by atoms with E-state index in [1.807, 2.05) is 50.2 Å². The maximum atomic E-state index is 14.9. The molecule has 0 spiro atoms. The van der Waals surface area contributed by atoms with Crippen molar-refractivity contribution in [3.63, 3.8) is 0 Å². The van der Waals surface area contributed by atoms with Gasteiger partial charge in [-0.1, -0.05) is 54.5 Å². The van der Waals surface area contributed by atoms with E-state index in [0.717, 1.165) is 16.7 Å². The van der Waals surface area contributed by atoms with Crippen molar-refractivity contribution in [2.24, 2.45) is 0 Å². The number of hydrogen-bond donors (Lipinski definition) is 2. The second-order valence-corrected chi connectivity index (χ2v) is 7.14. The zero-order chi connectivity index (χ0) is 20.3. The van der Waals surface area contributed by atoms with Crippen LogP contribution in [0.5, 0.6) is 0 Å². The highest BCUT2D eigenvalue weighted by Gasteiger charge is 2.27. The molecule has 0 amide bonds. The topological polar surface area (TPSA) is 65.2 Å². The third kappa shape index (κ3) is 4.06. The summed E-state index contributed by atoms with van der Waals surface area (Å²) in [7, 11) is 3.59. The fraction of sp³-hybridized carbons (Fsp3) is 0.273. The molecule has 0 aliphatic heterocycles. The average Bonchev–Trinajstić information content (AvgIpc) is 3.11. The molecule has 0 bridgehead atoms. The Morgan fingerprint density at radius 2 is 1.89 bits per heavy atom. The van der Waals surface area contributed by atoms with Crippen LogP contribution in [0.15, 0.2) is 59.3 Å².